The van der Waals surface area contributed by atoms with Gasteiger partial charge in [0.05, 0.1) is 6.61 Å². The quantitative estimate of drug-likeness (QED) is 0.416. The monoisotopic (exact) mass is 289 g/mol. The minimum Gasteiger partial charge on any atom is -0.465 e. The molecule has 5 heteroatoms. The minimum atomic E-state index is -0.609. The van der Waals surface area contributed by atoms with Gasteiger partial charge in [-0.1, -0.05) is 6.92 Å². The van der Waals surface area contributed by atoms with Crippen molar-refractivity contribution in [3.63, 3.8) is 0 Å². The zero-order chi connectivity index (χ0) is 15.3. The molecule has 0 rings (SSSR count). The average Bonchev–Trinajstić information content (AvgIpc) is 2.44. The number of esters is 1. The van der Waals surface area contributed by atoms with Crippen LogP contribution in [0.1, 0.15) is 46.5 Å². The van der Waals surface area contributed by atoms with E-state index in [0.717, 1.165) is 38.8 Å². The lowest BCUT2D eigenvalue weighted by Crippen LogP contribution is -2.50. The molecule has 1 N–H and O–H groups in total. The summed E-state index contributed by atoms with van der Waals surface area (Å²) >= 11 is 0. The maximum Gasteiger partial charge on any atom is 0.326 e. The summed E-state index contributed by atoms with van der Waals surface area (Å²) < 4.78 is 15.6. The fourth-order valence-electron chi connectivity index (χ4n) is 1.89. The fourth-order valence-corrected chi connectivity index (χ4v) is 1.89. The van der Waals surface area contributed by atoms with E-state index in [2.05, 4.69) is 12.2 Å². The standard InChI is InChI=1S/C15H31NO4/c1-5-10-16-15(3,14(17)20-6-2)9-7-12-19-13-8-11-18-4/h16H,5-13H2,1-4H3. The lowest BCUT2D eigenvalue weighted by molar-refractivity contribution is -0.151. The van der Waals surface area contributed by atoms with Crippen molar-refractivity contribution in [2.75, 3.05) is 40.1 Å². The van der Waals surface area contributed by atoms with Crippen LogP contribution >= 0.6 is 0 Å². The van der Waals surface area contributed by atoms with Gasteiger partial charge in [-0.05, 0) is 46.1 Å². The number of rotatable bonds is 13. The van der Waals surface area contributed by atoms with E-state index in [9.17, 15) is 4.79 Å². The van der Waals surface area contributed by atoms with Gasteiger partial charge in [-0.25, -0.2) is 0 Å². The van der Waals surface area contributed by atoms with Gasteiger partial charge in [-0.2, -0.15) is 0 Å². The second-order valence-corrected chi connectivity index (χ2v) is 5.04. The van der Waals surface area contributed by atoms with E-state index in [4.69, 9.17) is 14.2 Å². The molecule has 0 saturated carbocycles. The second-order valence-electron chi connectivity index (χ2n) is 5.04. The summed E-state index contributed by atoms with van der Waals surface area (Å²) in [5.74, 6) is -0.173. The smallest absolute Gasteiger partial charge is 0.326 e. The fraction of sp³-hybridized carbons (Fsp3) is 0.933. The Hall–Kier alpha value is -0.650. The molecule has 0 aliphatic heterocycles. The van der Waals surface area contributed by atoms with Crippen molar-refractivity contribution in [2.24, 2.45) is 0 Å². The molecule has 0 bridgehead atoms. The largest absolute Gasteiger partial charge is 0.465 e. The molecule has 0 heterocycles. The number of ether oxygens (including phenoxy) is 3. The molecule has 1 unspecified atom stereocenters. The SMILES string of the molecule is CCCNC(C)(CCCOCCCOC)C(=O)OCC. The Balaban J connectivity index is 4.00. The number of hydrogen-bond acceptors (Lipinski definition) is 5. The van der Waals surface area contributed by atoms with E-state index in [-0.39, 0.29) is 5.97 Å². The summed E-state index contributed by atoms with van der Waals surface area (Å²) in [6, 6.07) is 0. The van der Waals surface area contributed by atoms with Crippen LogP contribution in [0.2, 0.25) is 0 Å². The molecular formula is C15H31NO4. The van der Waals surface area contributed by atoms with Crippen molar-refractivity contribution >= 4 is 5.97 Å². The van der Waals surface area contributed by atoms with Crippen molar-refractivity contribution in [1.29, 1.82) is 0 Å². The van der Waals surface area contributed by atoms with Crippen molar-refractivity contribution in [3.05, 3.63) is 0 Å². The molecule has 0 radical (unpaired) electrons. The van der Waals surface area contributed by atoms with Gasteiger partial charge in [0.15, 0.2) is 0 Å². The van der Waals surface area contributed by atoms with E-state index in [1.54, 1.807) is 7.11 Å². The maximum atomic E-state index is 12.0. The average molecular weight is 289 g/mol. The molecule has 0 saturated heterocycles. The van der Waals surface area contributed by atoms with Crippen molar-refractivity contribution < 1.29 is 19.0 Å². The molecule has 0 spiro atoms. The zero-order valence-corrected chi connectivity index (χ0v) is 13.5. The van der Waals surface area contributed by atoms with Crippen molar-refractivity contribution in [2.45, 2.75) is 52.0 Å². The van der Waals surface area contributed by atoms with Crippen LogP contribution in [0, 0.1) is 0 Å². The first-order valence-electron chi connectivity index (χ1n) is 7.59. The molecule has 0 amide bonds. The van der Waals surface area contributed by atoms with Gasteiger partial charge in [-0.3, -0.25) is 4.79 Å². The van der Waals surface area contributed by atoms with Crippen LogP contribution in [0.15, 0.2) is 0 Å². The van der Waals surface area contributed by atoms with E-state index < -0.39 is 5.54 Å². The molecule has 20 heavy (non-hydrogen) atoms. The van der Waals surface area contributed by atoms with E-state index >= 15 is 0 Å². The predicted molar refractivity (Wildman–Crippen MR) is 79.9 cm³/mol. The van der Waals surface area contributed by atoms with Gasteiger partial charge in [0.2, 0.25) is 0 Å². The van der Waals surface area contributed by atoms with Crippen molar-refractivity contribution in [3.8, 4) is 0 Å². The molecule has 0 aromatic rings. The lowest BCUT2D eigenvalue weighted by atomic mass is 9.95. The molecule has 0 aromatic carbocycles. The Kier molecular flexibility index (Phi) is 11.7. The Morgan fingerprint density at radius 3 is 2.45 bits per heavy atom. The first-order chi connectivity index (χ1) is 9.60. The number of methoxy groups -OCH3 is 1. The summed E-state index contributed by atoms with van der Waals surface area (Å²) in [6.45, 7) is 9.12. The summed E-state index contributed by atoms with van der Waals surface area (Å²) in [5, 5.41) is 3.29. The zero-order valence-electron chi connectivity index (χ0n) is 13.5. The van der Waals surface area contributed by atoms with Crippen LogP contribution < -0.4 is 5.32 Å². The van der Waals surface area contributed by atoms with Crippen LogP contribution in [-0.2, 0) is 19.0 Å². The van der Waals surface area contributed by atoms with Crippen molar-refractivity contribution in [1.82, 2.24) is 5.32 Å². The third-order valence-electron chi connectivity index (χ3n) is 3.09. The highest BCUT2D eigenvalue weighted by Crippen LogP contribution is 2.15. The molecule has 1 atom stereocenters. The first-order valence-corrected chi connectivity index (χ1v) is 7.59. The van der Waals surface area contributed by atoms with E-state index in [1.165, 1.54) is 0 Å². The number of carbonyl (C=O) groups is 1. The van der Waals surface area contributed by atoms with Gasteiger partial charge in [0, 0.05) is 26.9 Å². The lowest BCUT2D eigenvalue weighted by Gasteiger charge is -2.28. The van der Waals surface area contributed by atoms with E-state index in [1.807, 2.05) is 13.8 Å². The molecule has 0 aromatic heterocycles. The van der Waals surface area contributed by atoms with Gasteiger partial charge in [0.1, 0.15) is 5.54 Å². The number of nitrogens with one attached hydrogen (secondary N) is 1. The topological polar surface area (TPSA) is 56.8 Å². The van der Waals surface area contributed by atoms with Crippen LogP contribution in [-0.4, -0.2) is 51.6 Å². The Labute approximate surface area is 123 Å². The maximum absolute atomic E-state index is 12.0. The minimum absolute atomic E-state index is 0.173. The molecule has 5 nitrogen and oxygen atoms in total. The first kappa shape index (κ1) is 19.4. The normalized spacial score (nSPS) is 14.0. The van der Waals surface area contributed by atoms with E-state index in [0.29, 0.717) is 19.8 Å². The number of carbonyl (C=O) groups excluding carboxylic acids is 1. The van der Waals surface area contributed by atoms with Gasteiger partial charge < -0.3 is 19.5 Å². The highest BCUT2D eigenvalue weighted by atomic mass is 16.5. The van der Waals surface area contributed by atoms with Crippen LogP contribution in [0.25, 0.3) is 0 Å². The van der Waals surface area contributed by atoms with Crippen LogP contribution in [0.3, 0.4) is 0 Å². The summed E-state index contributed by atoms with van der Waals surface area (Å²) in [7, 11) is 1.68. The molecule has 0 aliphatic rings. The van der Waals surface area contributed by atoms with Gasteiger partial charge >= 0.3 is 5.97 Å². The highest BCUT2D eigenvalue weighted by Gasteiger charge is 2.33. The Bertz CT molecular complexity index is 248. The summed E-state index contributed by atoms with van der Waals surface area (Å²) in [4.78, 5) is 12.0. The molecular weight excluding hydrogens is 258 g/mol. The third kappa shape index (κ3) is 8.51. The third-order valence-corrected chi connectivity index (χ3v) is 3.09. The summed E-state index contributed by atoms with van der Waals surface area (Å²) in [6.07, 6.45) is 3.44. The Morgan fingerprint density at radius 2 is 1.85 bits per heavy atom. The van der Waals surface area contributed by atoms with Gasteiger partial charge in [-0.15, -0.1) is 0 Å². The molecule has 120 valence electrons. The van der Waals surface area contributed by atoms with Gasteiger partial charge in [0.25, 0.3) is 0 Å². The summed E-state index contributed by atoms with van der Waals surface area (Å²) in [5.41, 5.74) is -0.609. The van der Waals surface area contributed by atoms with Crippen LogP contribution in [0.4, 0.5) is 0 Å². The molecule has 0 aliphatic carbocycles. The highest BCUT2D eigenvalue weighted by molar-refractivity contribution is 5.80. The number of hydrogen-bond donors (Lipinski definition) is 1. The second kappa shape index (κ2) is 12.1. The Morgan fingerprint density at radius 1 is 1.15 bits per heavy atom. The predicted octanol–water partition coefficient (Wildman–Crippen LogP) is 2.14. The van der Waals surface area contributed by atoms with Crippen LogP contribution in [0.5, 0.6) is 0 Å². The molecule has 0 fully saturated rings.